The van der Waals surface area contributed by atoms with Gasteiger partial charge in [0.2, 0.25) is 0 Å². The number of nitrogens with zero attached hydrogens (tertiary/aromatic N) is 2. The van der Waals surface area contributed by atoms with Crippen LogP contribution in [0.5, 0.6) is 0 Å². The van der Waals surface area contributed by atoms with Crippen LogP contribution in [0.25, 0.3) is 0 Å². The Hall–Kier alpha value is -1.12. The summed E-state index contributed by atoms with van der Waals surface area (Å²) in [6.07, 6.45) is 2.36. The van der Waals surface area contributed by atoms with E-state index in [0.29, 0.717) is 17.3 Å². The Balaban J connectivity index is 2.04. The predicted molar refractivity (Wildman–Crippen MR) is 77.6 cm³/mol. The molecular weight excluding hydrogens is 309 g/mol. The maximum atomic E-state index is 14.0. The largest absolute Gasteiger partial charge is 0.381 e. The van der Waals surface area contributed by atoms with Crippen molar-refractivity contribution in [3.05, 3.63) is 28.0 Å². The Morgan fingerprint density at radius 2 is 2.37 bits per heavy atom. The first-order valence-electron chi connectivity index (χ1n) is 6.53. The molecule has 0 saturated carbocycles. The van der Waals surface area contributed by atoms with E-state index >= 15 is 0 Å². The molecule has 1 atom stereocenters. The van der Waals surface area contributed by atoms with E-state index in [0.717, 1.165) is 26.1 Å². The van der Waals surface area contributed by atoms with Gasteiger partial charge in [-0.1, -0.05) is 6.92 Å². The van der Waals surface area contributed by atoms with Crippen molar-refractivity contribution in [2.24, 2.45) is 0 Å². The second-order valence-corrected chi connectivity index (χ2v) is 5.50. The molecule has 0 aromatic heterocycles. The van der Waals surface area contributed by atoms with E-state index in [1.807, 2.05) is 6.07 Å². The van der Waals surface area contributed by atoms with Crippen molar-refractivity contribution < 1.29 is 4.39 Å². The van der Waals surface area contributed by atoms with Crippen LogP contribution in [0.3, 0.4) is 0 Å². The first-order chi connectivity index (χ1) is 9.17. The number of hydrogen-bond acceptors (Lipinski definition) is 3. The molecule has 1 fully saturated rings. The van der Waals surface area contributed by atoms with E-state index in [1.165, 1.54) is 6.42 Å². The smallest absolute Gasteiger partial charge is 0.161 e. The summed E-state index contributed by atoms with van der Waals surface area (Å²) in [5.41, 5.74) is 0.771. The average Bonchev–Trinajstić information content (AvgIpc) is 2.88. The molecule has 1 saturated heterocycles. The number of hydrogen-bond donors (Lipinski definition) is 1. The lowest BCUT2D eigenvalue weighted by Crippen LogP contribution is -2.34. The molecule has 1 aromatic rings. The zero-order valence-electron chi connectivity index (χ0n) is 10.9. The number of nitrogens with one attached hydrogen (secondary N) is 1. The monoisotopic (exact) mass is 325 g/mol. The number of nitriles is 1. The minimum atomic E-state index is -0.389. The van der Waals surface area contributed by atoms with Gasteiger partial charge in [-0.15, -0.1) is 0 Å². The van der Waals surface area contributed by atoms with E-state index in [-0.39, 0.29) is 10.3 Å². The van der Waals surface area contributed by atoms with Crippen molar-refractivity contribution in [3.8, 4) is 6.07 Å². The summed E-state index contributed by atoms with van der Waals surface area (Å²) in [5, 5.41) is 12.0. The van der Waals surface area contributed by atoms with Gasteiger partial charge in [-0.3, -0.25) is 4.90 Å². The summed E-state index contributed by atoms with van der Waals surface area (Å²) in [6.45, 7) is 5.05. The zero-order chi connectivity index (χ0) is 13.8. The SMILES string of the molecule is CCN1CCCC1CNc1ccc(C#N)c(Br)c1F. The van der Waals surface area contributed by atoms with Crippen LogP contribution in [0.2, 0.25) is 0 Å². The van der Waals surface area contributed by atoms with E-state index in [1.54, 1.807) is 12.1 Å². The first kappa shape index (κ1) is 14.3. The molecule has 1 N–H and O–H groups in total. The Morgan fingerprint density at radius 3 is 3.05 bits per heavy atom. The van der Waals surface area contributed by atoms with Crippen molar-refractivity contribution in [3.63, 3.8) is 0 Å². The predicted octanol–water partition coefficient (Wildman–Crippen LogP) is 3.36. The van der Waals surface area contributed by atoms with Gasteiger partial charge in [-0.2, -0.15) is 5.26 Å². The highest BCUT2D eigenvalue weighted by Crippen LogP contribution is 2.27. The van der Waals surface area contributed by atoms with Gasteiger partial charge >= 0.3 is 0 Å². The van der Waals surface area contributed by atoms with Crippen molar-refractivity contribution in [1.82, 2.24) is 4.90 Å². The van der Waals surface area contributed by atoms with Gasteiger partial charge in [0.1, 0.15) is 6.07 Å². The molecule has 5 heteroatoms. The van der Waals surface area contributed by atoms with E-state index < -0.39 is 0 Å². The molecule has 0 spiro atoms. The lowest BCUT2D eigenvalue weighted by molar-refractivity contribution is 0.277. The summed E-state index contributed by atoms with van der Waals surface area (Å²) < 4.78 is 14.3. The minimum absolute atomic E-state index is 0.235. The Labute approximate surface area is 121 Å². The zero-order valence-corrected chi connectivity index (χ0v) is 12.5. The van der Waals surface area contributed by atoms with Gasteiger partial charge in [0.15, 0.2) is 5.82 Å². The molecule has 0 radical (unpaired) electrons. The lowest BCUT2D eigenvalue weighted by atomic mass is 10.2. The molecule has 102 valence electrons. The third kappa shape index (κ3) is 3.07. The highest BCUT2D eigenvalue weighted by Gasteiger charge is 2.23. The van der Waals surface area contributed by atoms with Gasteiger partial charge in [-0.05, 0) is 54.0 Å². The van der Waals surface area contributed by atoms with Crippen molar-refractivity contribution in [2.75, 3.05) is 25.0 Å². The maximum absolute atomic E-state index is 14.0. The number of rotatable bonds is 4. The molecule has 1 aliphatic rings. The second-order valence-electron chi connectivity index (χ2n) is 4.71. The van der Waals surface area contributed by atoms with E-state index in [9.17, 15) is 4.39 Å². The van der Waals surface area contributed by atoms with Crippen LogP contribution in [0.4, 0.5) is 10.1 Å². The van der Waals surface area contributed by atoms with Crippen molar-refractivity contribution >= 4 is 21.6 Å². The molecule has 0 amide bonds. The number of anilines is 1. The molecule has 2 rings (SSSR count). The third-order valence-electron chi connectivity index (χ3n) is 3.64. The summed E-state index contributed by atoms with van der Waals surface area (Å²) >= 11 is 3.12. The van der Waals surface area contributed by atoms with Crippen LogP contribution in [0.15, 0.2) is 16.6 Å². The number of benzene rings is 1. The number of likely N-dealkylation sites (N-methyl/N-ethyl adjacent to an activating group) is 1. The quantitative estimate of drug-likeness (QED) is 0.922. The van der Waals surface area contributed by atoms with Crippen LogP contribution < -0.4 is 5.32 Å². The molecule has 19 heavy (non-hydrogen) atoms. The molecule has 1 heterocycles. The molecular formula is C14H17BrFN3. The maximum Gasteiger partial charge on any atom is 0.161 e. The van der Waals surface area contributed by atoms with Crippen LogP contribution >= 0.6 is 15.9 Å². The number of likely N-dealkylation sites (tertiary alicyclic amines) is 1. The van der Waals surface area contributed by atoms with Gasteiger partial charge in [0, 0.05) is 12.6 Å². The Kier molecular flexibility index (Phi) is 4.78. The summed E-state index contributed by atoms with van der Waals surface area (Å²) in [5.74, 6) is -0.389. The molecule has 0 bridgehead atoms. The normalized spacial score (nSPS) is 19.4. The third-order valence-corrected chi connectivity index (χ3v) is 4.41. The number of halogens is 2. The van der Waals surface area contributed by atoms with Gasteiger partial charge < -0.3 is 5.32 Å². The molecule has 1 unspecified atom stereocenters. The molecule has 1 aliphatic heterocycles. The van der Waals surface area contributed by atoms with Crippen LogP contribution in [0, 0.1) is 17.1 Å². The fourth-order valence-corrected chi connectivity index (χ4v) is 2.98. The topological polar surface area (TPSA) is 39.1 Å². The van der Waals surface area contributed by atoms with E-state index in [2.05, 4.69) is 33.1 Å². The van der Waals surface area contributed by atoms with Gasteiger partial charge in [0.05, 0.1) is 15.7 Å². The Morgan fingerprint density at radius 1 is 1.58 bits per heavy atom. The minimum Gasteiger partial charge on any atom is -0.381 e. The fraction of sp³-hybridized carbons (Fsp3) is 0.500. The Bertz CT molecular complexity index is 498. The fourth-order valence-electron chi connectivity index (χ4n) is 2.54. The van der Waals surface area contributed by atoms with Crippen LogP contribution in [0.1, 0.15) is 25.3 Å². The van der Waals surface area contributed by atoms with E-state index in [4.69, 9.17) is 5.26 Å². The molecule has 0 aliphatic carbocycles. The summed E-state index contributed by atoms with van der Waals surface area (Å²) in [4.78, 5) is 2.41. The average molecular weight is 326 g/mol. The van der Waals surface area contributed by atoms with Gasteiger partial charge in [-0.25, -0.2) is 4.39 Å². The highest BCUT2D eigenvalue weighted by molar-refractivity contribution is 9.10. The van der Waals surface area contributed by atoms with Crippen molar-refractivity contribution in [2.45, 2.75) is 25.8 Å². The van der Waals surface area contributed by atoms with Crippen LogP contribution in [-0.2, 0) is 0 Å². The van der Waals surface area contributed by atoms with Crippen molar-refractivity contribution in [1.29, 1.82) is 5.26 Å². The molecule has 1 aromatic carbocycles. The standard InChI is InChI=1S/C14H17BrFN3/c1-2-19-7-3-4-11(19)9-18-12-6-5-10(8-17)13(15)14(12)16/h5-6,11,18H,2-4,7,9H2,1H3. The van der Waals surface area contributed by atoms with Crippen LogP contribution in [-0.4, -0.2) is 30.6 Å². The molecule has 3 nitrogen and oxygen atoms in total. The second kappa shape index (κ2) is 6.36. The first-order valence-corrected chi connectivity index (χ1v) is 7.32. The summed E-state index contributed by atoms with van der Waals surface area (Å²) in [6, 6.07) is 5.68. The summed E-state index contributed by atoms with van der Waals surface area (Å²) in [7, 11) is 0. The lowest BCUT2D eigenvalue weighted by Gasteiger charge is -2.23. The highest BCUT2D eigenvalue weighted by atomic mass is 79.9. The van der Waals surface area contributed by atoms with Gasteiger partial charge in [0.25, 0.3) is 0 Å².